The van der Waals surface area contributed by atoms with Gasteiger partial charge in [0.15, 0.2) is 0 Å². The Kier molecular flexibility index (Phi) is 4.84. The molecule has 2 rings (SSSR count). The fourth-order valence-electron chi connectivity index (χ4n) is 2.16. The molecule has 1 aliphatic rings. The van der Waals surface area contributed by atoms with E-state index >= 15 is 0 Å². The number of benzene rings is 1. The highest BCUT2D eigenvalue weighted by Gasteiger charge is 2.18. The maximum atomic E-state index is 5.86. The minimum absolute atomic E-state index is 0.343. The summed E-state index contributed by atoms with van der Waals surface area (Å²) in [6.07, 6.45) is 1.10. The zero-order valence-corrected chi connectivity index (χ0v) is 11.0. The lowest BCUT2D eigenvalue weighted by molar-refractivity contribution is 0.236. The van der Waals surface area contributed by atoms with Gasteiger partial charge in [-0.3, -0.25) is 4.90 Å². The largest absolute Gasteiger partial charge is 0.494 e. The topological polar surface area (TPSA) is 47.7 Å². The van der Waals surface area contributed by atoms with Crippen LogP contribution in [0.1, 0.15) is 13.3 Å². The van der Waals surface area contributed by atoms with E-state index in [1.807, 2.05) is 31.2 Å². The van der Waals surface area contributed by atoms with Crippen molar-refractivity contribution in [2.24, 2.45) is 5.73 Å². The molecular formula is C14H22N2O2. The lowest BCUT2D eigenvalue weighted by Gasteiger charge is -2.15. The average molecular weight is 250 g/mol. The monoisotopic (exact) mass is 250 g/mol. The van der Waals surface area contributed by atoms with Gasteiger partial charge in [0.2, 0.25) is 0 Å². The van der Waals surface area contributed by atoms with Gasteiger partial charge in [0.25, 0.3) is 0 Å². The van der Waals surface area contributed by atoms with Gasteiger partial charge < -0.3 is 15.2 Å². The van der Waals surface area contributed by atoms with E-state index in [9.17, 15) is 0 Å². The van der Waals surface area contributed by atoms with Crippen molar-refractivity contribution in [3.8, 4) is 11.5 Å². The Labute approximate surface area is 109 Å². The Morgan fingerprint density at radius 2 is 1.89 bits per heavy atom. The molecule has 0 amide bonds. The van der Waals surface area contributed by atoms with Crippen molar-refractivity contribution in [1.82, 2.24) is 4.90 Å². The molecule has 1 heterocycles. The highest BCUT2D eigenvalue weighted by atomic mass is 16.5. The van der Waals surface area contributed by atoms with Crippen molar-refractivity contribution in [2.45, 2.75) is 19.4 Å². The molecule has 2 N–H and O–H groups in total. The summed E-state index contributed by atoms with van der Waals surface area (Å²) in [6, 6.07) is 8.10. The summed E-state index contributed by atoms with van der Waals surface area (Å²) in [7, 11) is 0. The maximum absolute atomic E-state index is 5.86. The maximum Gasteiger partial charge on any atom is 0.119 e. The zero-order chi connectivity index (χ0) is 12.8. The molecule has 100 valence electrons. The average Bonchev–Trinajstić information content (AvgIpc) is 2.78. The van der Waals surface area contributed by atoms with Gasteiger partial charge in [0, 0.05) is 19.1 Å². The number of rotatable bonds is 6. The van der Waals surface area contributed by atoms with E-state index in [2.05, 4.69) is 4.90 Å². The van der Waals surface area contributed by atoms with Crippen molar-refractivity contribution < 1.29 is 9.47 Å². The molecule has 18 heavy (non-hydrogen) atoms. The Hall–Kier alpha value is -1.26. The van der Waals surface area contributed by atoms with Crippen LogP contribution in [0.3, 0.4) is 0 Å². The predicted molar refractivity (Wildman–Crippen MR) is 72.1 cm³/mol. The zero-order valence-electron chi connectivity index (χ0n) is 11.0. The molecule has 1 atom stereocenters. The third-order valence-electron chi connectivity index (χ3n) is 3.12. The predicted octanol–water partition coefficient (Wildman–Crippen LogP) is 1.50. The lowest BCUT2D eigenvalue weighted by Crippen LogP contribution is -2.29. The second-order valence-electron chi connectivity index (χ2n) is 4.60. The van der Waals surface area contributed by atoms with Crippen LogP contribution in [0.2, 0.25) is 0 Å². The molecule has 1 saturated heterocycles. The first-order valence-electron chi connectivity index (χ1n) is 6.61. The Morgan fingerprint density at radius 3 is 2.44 bits per heavy atom. The summed E-state index contributed by atoms with van der Waals surface area (Å²) in [5, 5.41) is 0. The van der Waals surface area contributed by atoms with Crippen LogP contribution in [0.4, 0.5) is 0 Å². The van der Waals surface area contributed by atoms with Crippen LogP contribution in [0.15, 0.2) is 24.3 Å². The fraction of sp³-hybridized carbons (Fsp3) is 0.571. The van der Waals surface area contributed by atoms with Crippen LogP contribution < -0.4 is 15.2 Å². The first-order chi connectivity index (χ1) is 8.78. The van der Waals surface area contributed by atoms with Crippen molar-refractivity contribution >= 4 is 0 Å². The van der Waals surface area contributed by atoms with Crippen molar-refractivity contribution in [3.05, 3.63) is 24.3 Å². The van der Waals surface area contributed by atoms with Crippen LogP contribution in [0.5, 0.6) is 11.5 Å². The van der Waals surface area contributed by atoms with Crippen LogP contribution >= 0.6 is 0 Å². The third kappa shape index (κ3) is 3.89. The van der Waals surface area contributed by atoms with Gasteiger partial charge in [0.1, 0.15) is 18.1 Å². The van der Waals surface area contributed by atoms with Crippen molar-refractivity contribution in [2.75, 3.05) is 32.8 Å². The minimum atomic E-state index is 0.343. The number of hydrogen-bond donors (Lipinski definition) is 1. The summed E-state index contributed by atoms with van der Waals surface area (Å²) >= 11 is 0. The third-order valence-corrected chi connectivity index (χ3v) is 3.12. The van der Waals surface area contributed by atoms with Gasteiger partial charge in [-0.15, -0.1) is 0 Å². The molecule has 0 saturated carbocycles. The molecule has 4 nitrogen and oxygen atoms in total. The van der Waals surface area contributed by atoms with Gasteiger partial charge in [-0.2, -0.15) is 0 Å². The van der Waals surface area contributed by atoms with Gasteiger partial charge in [0.05, 0.1) is 6.61 Å². The summed E-state index contributed by atoms with van der Waals surface area (Å²) in [4.78, 5) is 2.35. The molecule has 0 radical (unpaired) electrons. The fourth-order valence-corrected chi connectivity index (χ4v) is 2.16. The molecule has 0 aromatic heterocycles. The Morgan fingerprint density at radius 1 is 1.22 bits per heavy atom. The molecule has 1 aliphatic heterocycles. The standard InChI is InChI=1S/C14H22N2O2/c1-2-17-13-3-5-14(6-4-13)18-10-9-16-8-7-12(15)11-16/h3-6,12H,2,7-11,15H2,1H3/t12-/m1/s1. The van der Waals surface area contributed by atoms with E-state index in [0.717, 1.165) is 37.6 Å². The summed E-state index contributed by atoms with van der Waals surface area (Å²) in [5.41, 5.74) is 5.86. The summed E-state index contributed by atoms with van der Waals surface area (Å²) < 4.78 is 11.1. The lowest BCUT2D eigenvalue weighted by atomic mass is 10.3. The Bertz CT molecular complexity index is 353. The van der Waals surface area contributed by atoms with E-state index in [1.165, 1.54) is 0 Å². The highest BCUT2D eigenvalue weighted by molar-refractivity contribution is 5.31. The molecular weight excluding hydrogens is 228 g/mol. The van der Waals surface area contributed by atoms with Crippen molar-refractivity contribution in [3.63, 3.8) is 0 Å². The van der Waals surface area contributed by atoms with Gasteiger partial charge in [-0.1, -0.05) is 0 Å². The quantitative estimate of drug-likeness (QED) is 0.831. The first-order valence-corrected chi connectivity index (χ1v) is 6.61. The smallest absolute Gasteiger partial charge is 0.119 e. The van der Waals surface area contributed by atoms with Crippen LogP contribution in [-0.2, 0) is 0 Å². The normalized spacial score (nSPS) is 20.0. The molecule has 1 aromatic rings. The van der Waals surface area contributed by atoms with E-state index in [4.69, 9.17) is 15.2 Å². The molecule has 1 aromatic carbocycles. The summed E-state index contributed by atoms with van der Waals surface area (Å²) in [6.45, 7) is 6.41. The van der Waals surface area contributed by atoms with E-state index < -0.39 is 0 Å². The highest BCUT2D eigenvalue weighted by Crippen LogP contribution is 2.17. The number of hydrogen-bond acceptors (Lipinski definition) is 4. The van der Waals surface area contributed by atoms with E-state index in [-0.39, 0.29) is 0 Å². The van der Waals surface area contributed by atoms with Crippen LogP contribution in [0.25, 0.3) is 0 Å². The van der Waals surface area contributed by atoms with E-state index in [0.29, 0.717) is 19.3 Å². The summed E-state index contributed by atoms with van der Waals surface area (Å²) in [5.74, 6) is 1.78. The van der Waals surface area contributed by atoms with Crippen LogP contribution in [0, 0.1) is 0 Å². The van der Waals surface area contributed by atoms with Gasteiger partial charge >= 0.3 is 0 Å². The van der Waals surface area contributed by atoms with Gasteiger partial charge in [-0.05, 0) is 44.2 Å². The molecule has 0 unspecified atom stereocenters. The number of ether oxygens (including phenoxy) is 2. The van der Waals surface area contributed by atoms with Crippen molar-refractivity contribution in [1.29, 1.82) is 0 Å². The molecule has 4 heteroatoms. The SMILES string of the molecule is CCOc1ccc(OCCN2CC[C@@H](N)C2)cc1. The number of nitrogens with two attached hydrogens (primary N) is 1. The minimum Gasteiger partial charge on any atom is -0.494 e. The molecule has 0 aliphatic carbocycles. The first kappa shape index (κ1) is 13.2. The number of nitrogens with zero attached hydrogens (tertiary/aromatic N) is 1. The second-order valence-corrected chi connectivity index (χ2v) is 4.60. The Balaban J connectivity index is 1.69. The molecule has 0 bridgehead atoms. The molecule has 1 fully saturated rings. The van der Waals surface area contributed by atoms with Crippen LogP contribution in [-0.4, -0.2) is 43.8 Å². The second kappa shape index (κ2) is 6.61. The number of likely N-dealkylation sites (tertiary alicyclic amines) is 1. The van der Waals surface area contributed by atoms with Gasteiger partial charge in [-0.25, -0.2) is 0 Å². The van der Waals surface area contributed by atoms with E-state index in [1.54, 1.807) is 0 Å². The molecule has 0 spiro atoms.